The van der Waals surface area contributed by atoms with E-state index in [9.17, 15) is 14.3 Å². The molecule has 0 aromatic heterocycles. The number of esters is 1. The summed E-state index contributed by atoms with van der Waals surface area (Å²) < 4.78 is 33.4. The van der Waals surface area contributed by atoms with Crippen LogP contribution in [-0.2, 0) is 27.9 Å². The Kier molecular flexibility index (Phi) is 42.9. The van der Waals surface area contributed by atoms with Crippen molar-refractivity contribution in [2.24, 2.45) is 5.73 Å². The number of nitrogens with two attached hydrogens (primary N) is 1. The van der Waals surface area contributed by atoms with Gasteiger partial charge in [0.25, 0.3) is 0 Å². The van der Waals surface area contributed by atoms with E-state index in [1.54, 1.807) is 0 Å². The third kappa shape index (κ3) is 43.3. The van der Waals surface area contributed by atoms with Crippen LogP contribution in [0.15, 0.2) is 60.8 Å². The van der Waals surface area contributed by atoms with Crippen LogP contribution in [0.25, 0.3) is 0 Å². The number of unbranched alkanes of at least 4 members (excludes halogenated alkanes) is 20. The summed E-state index contributed by atoms with van der Waals surface area (Å²) >= 11 is 0. The van der Waals surface area contributed by atoms with Crippen LogP contribution in [0.5, 0.6) is 0 Å². The Labute approximate surface area is 344 Å². The number of phosphoric acid groups is 1. The molecule has 0 saturated heterocycles. The summed E-state index contributed by atoms with van der Waals surface area (Å²) in [5.74, 6) is -0.344. The van der Waals surface area contributed by atoms with Gasteiger partial charge in [0.05, 0.1) is 19.8 Å². The first-order valence-electron chi connectivity index (χ1n) is 22.8. The molecule has 56 heavy (non-hydrogen) atoms. The molecule has 3 N–H and O–H groups in total. The summed E-state index contributed by atoms with van der Waals surface area (Å²) in [5, 5.41) is 0. The van der Waals surface area contributed by atoms with Gasteiger partial charge in [-0.3, -0.25) is 13.8 Å². The number of hydrogen-bond donors (Lipinski definition) is 2. The zero-order chi connectivity index (χ0) is 40.9. The number of rotatable bonds is 43. The number of allylic oxidation sites excluding steroid dienone is 10. The SMILES string of the molecule is CC/C=C\C/C=C\C/C=C\C/C=C\C/C=C\CCCCOCC(COP(=O)(O)OCCN)OC(=O)CCCCCCCCCCCCCCCCCCCCC. The zero-order valence-corrected chi connectivity index (χ0v) is 37.0. The molecule has 0 rings (SSSR count). The molecule has 0 radical (unpaired) electrons. The monoisotopic (exact) mass is 808 g/mol. The summed E-state index contributed by atoms with van der Waals surface area (Å²) in [5.41, 5.74) is 5.37. The maximum atomic E-state index is 12.6. The lowest BCUT2D eigenvalue weighted by atomic mass is 10.0. The Morgan fingerprint density at radius 3 is 1.46 bits per heavy atom. The van der Waals surface area contributed by atoms with Crippen molar-refractivity contribution in [3.63, 3.8) is 0 Å². The van der Waals surface area contributed by atoms with E-state index >= 15 is 0 Å². The smallest absolute Gasteiger partial charge is 0.457 e. The molecule has 2 atom stereocenters. The molecule has 0 fully saturated rings. The van der Waals surface area contributed by atoms with E-state index in [4.69, 9.17) is 24.3 Å². The molecule has 0 aromatic carbocycles. The Hall–Kier alpha value is -1.80. The zero-order valence-electron chi connectivity index (χ0n) is 36.1. The quantitative estimate of drug-likeness (QED) is 0.0271. The molecule has 0 heterocycles. The van der Waals surface area contributed by atoms with Gasteiger partial charge in [0.15, 0.2) is 0 Å². The van der Waals surface area contributed by atoms with E-state index in [-0.39, 0.29) is 32.3 Å². The van der Waals surface area contributed by atoms with Crippen LogP contribution in [0, 0.1) is 0 Å². The Balaban J connectivity index is 4.07. The number of ether oxygens (including phenoxy) is 2. The predicted molar refractivity (Wildman–Crippen MR) is 238 cm³/mol. The van der Waals surface area contributed by atoms with E-state index in [0.29, 0.717) is 13.0 Å². The maximum absolute atomic E-state index is 12.6. The lowest BCUT2D eigenvalue weighted by Crippen LogP contribution is -2.28. The van der Waals surface area contributed by atoms with E-state index in [0.717, 1.165) is 70.6 Å². The number of carbonyl (C=O) groups excluding carboxylic acids is 1. The second-order valence-corrected chi connectivity index (χ2v) is 16.3. The summed E-state index contributed by atoms with van der Waals surface area (Å²) in [7, 11) is -4.29. The van der Waals surface area contributed by atoms with E-state index in [2.05, 4.69) is 74.6 Å². The second kappa shape index (κ2) is 44.3. The molecule has 0 aliphatic heterocycles. The largest absolute Gasteiger partial charge is 0.472 e. The third-order valence-corrected chi connectivity index (χ3v) is 10.4. The van der Waals surface area contributed by atoms with Gasteiger partial charge in [0.1, 0.15) is 6.10 Å². The minimum absolute atomic E-state index is 0.0868. The molecule has 0 saturated carbocycles. The van der Waals surface area contributed by atoms with Crippen molar-refractivity contribution in [3.05, 3.63) is 60.8 Å². The minimum atomic E-state index is -4.29. The Bertz CT molecular complexity index is 1040. The van der Waals surface area contributed by atoms with Gasteiger partial charge in [-0.1, -0.05) is 190 Å². The van der Waals surface area contributed by atoms with E-state index in [1.165, 1.54) is 103 Å². The molecule has 326 valence electrons. The fraction of sp³-hybridized carbons (Fsp3) is 0.766. The van der Waals surface area contributed by atoms with E-state index < -0.39 is 13.9 Å². The summed E-state index contributed by atoms with van der Waals surface area (Å²) in [6.45, 7) is 4.71. The number of hydrogen-bond acceptors (Lipinski definition) is 7. The fourth-order valence-electron chi connectivity index (χ4n) is 6.14. The molecule has 0 amide bonds. The van der Waals surface area contributed by atoms with Gasteiger partial charge in [-0.15, -0.1) is 0 Å². The normalized spacial score (nSPS) is 14.0. The molecular weight excluding hydrogens is 721 g/mol. The summed E-state index contributed by atoms with van der Waals surface area (Å²) in [6, 6.07) is 0. The minimum Gasteiger partial charge on any atom is -0.457 e. The molecule has 2 unspecified atom stereocenters. The van der Waals surface area contributed by atoms with Crippen molar-refractivity contribution in [1.29, 1.82) is 0 Å². The van der Waals surface area contributed by atoms with Crippen LogP contribution in [0.2, 0.25) is 0 Å². The molecule has 8 nitrogen and oxygen atoms in total. The molecular formula is C47H86NO7P. The standard InChI is InChI=1S/C47H86NO7P/c1-3-5-7-9-11-13-15-17-19-21-23-24-26-28-30-32-34-36-38-40-47(49)55-46(45-54-56(50,51)53-43-41-48)44-52-42-39-37-35-33-31-29-27-25-22-20-18-16-14-12-10-8-6-4-2/h6,8,12,14,18,20,25,27,31,33,46H,3-5,7,9-11,13,15-17,19,21-24,26,28-30,32,34-45,48H2,1-2H3,(H,50,51)/b8-6-,14-12-,20-18-,27-25-,33-31-. The van der Waals surface area contributed by atoms with Crippen molar-refractivity contribution < 1.29 is 32.8 Å². The van der Waals surface area contributed by atoms with Crippen molar-refractivity contribution >= 4 is 13.8 Å². The maximum Gasteiger partial charge on any atom is 0.472 e. The summed E-state index contributed by atoms with van der Waals surface area (Å²) in [6.07, 6.45) is 53.9. The number of phosphoric ester groups is 1. The lowest BCUT2D eigenvalue weighted by molar-refractivity contribution is -0.154. The molecule has 0 aliphatic carbocycles. The first-order chi connectivity index (χ1) is 27.4. The third-order valence-electron chi connectivity index (χ3n) is 9.45. The first-order valence-corrected chi connectivity index (χ1v) is 24.3. The molecule has 0 spiro atoms. The highest BCUT2D eigenvalue weighted by Gasteiger charge is 2.25. The molecule has 9 heteroatoms. The van der Waals surface area contributed by atoms with Crippen molar-refractivity contribution in [2.75, 3.05) is 33.0 Å². The summed E-state index contributed by atoms with van der Waals surface area (Å²) in [4.78, 5) is 22.5. The highest BCUT2D eigenvalue weighted by molar-refractivity contribution is 7.47. The van der Waals surface area contributed by atoms with Crippen molar-refractivity contribution in [3.8, 4) is 0 Å². The van der Waals surface area contributed by atoms with Crippen molar-refractivity contribution in [1.82, 2.24) is 0 Å². The van der Waals surface area contributed by atoms with Crippen molar-refractivity contribution in [2.45, 2.75) is 200 Å². The average Bonchev–Trinajstić information content (AvgIpc) is 3.19. The van der Waals surface area contributed by atoms with Crippen LogP contribution < -0.4 is 5.73 Å². The van der Waals surface area contributed by atoms with Gasteiger partial charge < -0.3 is 20.1 Å². The first kappa shape index (κ1) is 54.2. The number of carbonyl (C=O) groups is 1. The van der Waals surface area contributed by atoms with Gasteiger partial charge in [0.2, 0.25) is 0 Å². The Morgan fingerprint density at radius 1 is 0.554 bits per heavy atom. The van der Waals surface area contributed by atoms with E-state index in [1.807, 2.05) is 0 Å². The Morgan fingerprint density at radius 2 is 1.00 bits per heavy atom. The van der Waals surface area contributed by atoms with Crippen LogP contribution in [0.3, 0.4) is 0 Å². The van der Waals surface area contributed by atoms with Crippen LogP contribution in [0.4, 0.5) is 0 Å². The molecule has 0 aromatic rings. The topological polar surface area (TPSA) is 117 Å². The van der Waals surface area contributed by atoms with Gasteiger partial charge in [0, 0.05) is 19.6 Å². The fourth-order valence-corrected chi connectivity index (χ4v) is 6.91. The lowest BCUT2D eigenvalue weighted by Gasteiger charge is -2.20. The van der Waals surface area contributed by atoms with Crippen LogP contribution >= 0.6 is 7.82 Å². The molecule has 0 bridgehead atoms. The van der Waals surface area contributed by atoms with Gasteiger partial charge >= 0.3 is 13.8 Å². The van der Waals surface area contributed by atoms with Gasteiger partial charge in [-0.05, 0) is 57.8 Å². The second-order valence-electron chi connectivity index (χ2n) is 14.9. The van der Waals surface area contributed by atoms with Gasteiger partial charge in [-0.2, -0.15) is 0 Å². The predicted octanol–water partition coefficient (Wildman–Crippen LogP) is 13.8. The molecule has 0 aliphatic rings. The highest BCUT2D eigenvalue weighted by atomic mass is 31.2. The van der Waals surface area contributed by atoms with Crippen LogP contribution in [0.1, 0.15) is 194 Å². The average molecular weight is 808 g/mol. The van der Waals surface area contributed by atoms with Gasteiger partial charge in [-0.25, -0.2) is 4.57 Å². The highest BCUT2D eigenvalue weighted by Crippen LogP contribution is 2.43. The van der Waals surface area contributed by atoms with Crippen LogP contribution in [-0.4, -0.2) is 49.9 Å².